The predicted molar refractivity (Wildman–Crippen MR) is 100 cm³/mol. The molecule has 0 saturated heterocycles. The highest BCUT2D eigenvalue weighted by Gasteiger charge is 2.00. The molecule has 3 rings (SSSR count). The third-order valence-electron chi connectivity index (χ3n) is 3.58. The zero-order valence-electron chi connectivity index (χ0n) is 14.4. The van der Waals surface area contributed by atoms with E-state index in [0.29, 0.717) is 24.6 Å². The Morgan fingerprint density at radius 1 is 1.12 bits per heavy atom. The fourth-order valence-corrected chi connectivity index (χ4v) is 2.31. The molecule has 1 heterocycles. The van der Waals surface area contributed by atoms with Crippen LogP contribution in [-0.2, 0) is 4.79 Å². The summed E-state index contributed by atoms with van der Waals surface area (Å²) in [6, 6.07) is 14.9. The van der Waals surface area contributed by atoms with Crippen LogP contribution in [0.15, 0.2) is 60.8 Å². The van der Waals surface area contributed by atoms with Gasteiger partial charge in [0, 0.05) is 12.1 Å². The monoisotopic (exact) mass is 349 g/mol. The lowest BCUT2D eigenvalue weighted by atomic mass is 10.3. The number of nitrogens with one attached hydrogen (secondary N) is 1. The first kappa shape index (κ1) is 17.4. The SMILES string of the molecule is COc1cccc(OCCNC(=O)/C=C/c2cnc3ccccc3n2)c1. The number of para-hydroxylation sites is 2. The Bertz CT molecular complexity index is 925. The molecule has 0 aliphatic heterocycles. The molecule has 2 aromatic carbocycles. The molecule has 6 heteroatoms. The summed E-state index contributed by atoms with van der Waals surface area (Å²) in [6.07, 6.45) is 4.71. The zero-order valence-corrected chi connectivity index (χ0v) is 14.4. The van der Waals surface area contributed by atoms with Crippen molar-refractivity contribution in [3.8, 4) is 11.5 Å². The minimum atomic E-state index is -0.214. The molecule has 3 aromatic rings. The number of rotatable bonds is 7. The van der Waals surface area contributed by atoms with Crippen LogP contribution in [0.2, 0.25) is 0 Å². The van der Waals surface area contributed by atoms with Gasteiger partial charge in [0.1, 0.15) is 18.1 Å². The average molecular weight is 349 g/mol. The van der Waals surface area contributed by atoms with Crippen molar-refractivity contribution in [1.82, 2.24) is 15.3 Å². The first-order chi connectivity index (χ1) is 12.7. The van der Waals surface area contributed by atoms with Crippen molar-refractivity contribution in [3.63, 3.8) is 0 Å². The van der Waals surface area contributed by atoms with E-state index >= 15 is 0 Å². The molecule has 0 radical (unpaired) electrons. The van der Waals surface area contributed by atoms with Crippen LogP contribution in [0.1, 0.15) is 5.69 Å². The summed E-state index contributed by atoms with van der Waals surface area (Å²) in [6.45, 7) is 0.756. The normalized spacial score (nSPS) is 10.8. The number of hydrogen-bond acceptors (Lipinski definition) is 5. The molecule has 1 N–H and O–H groups in total. The minimum absolute atomic E-state index is 0.214. The van der Waals surface area contributed by atoms with Gasteiger partial charge in [0.25, 0.3) is 0 Å². The van der Waals surface area contributed by atoms with E-state index in [2.05, 4.69) is 15.3 Å². The fraction of sp³-hybridized carbons (Fsp3) is 0.150. The topological polar surface area (TPSA) is 73.3 Å². The van der Waals surface area contributed by atoms with Crippen molar-refractivity contribution < 1.29 is 14.3 Å². The molecule has 0 aliphatic carbocycles. The highest BCUT2D eigenvalue weighted by molar-refractivity contribution is 5.91. The van der Waals surface area contributed by atoms with Crippen molar-refractivity contribution in [3.05, 3.63) is 66.5 Å². The molecule has 0 fully saturated rings. The van der Waals surface area contributed by atoms with Crippen LogP contribution >= 0.6 is 0 Å². The quantitative estimate of drug-likeness (QED) is 0.524. The van der Waals surface area contributed by atoms with Gasteiger partial charge in [-0.05, 0) is 30.3 Å². The Labute approximate surface area is 151 Å². The molecule has 6 nitrogen and oxygen atoms in total. The van der Waals surface area contributed by atoms with E-state index in [0.717, 1.165) is 16.8 Å². The average Bonchev–Trinajstić information content (AvgIpc) is 2.69. The van der Waals surface area contributed by atoms with Crippen molar-refractivity contribution >= 4 is 23.0 Å². The smallest absolute Gasteiger partial charge is 0.244 e. The Kier molecular flexibility index (Phi) is 5.77. The number of amides is 1. The van der Waals surface area contributed by atoms with Gasteiger partial charge in [-0.25, -0.2) is 4.98 Å². The Balaban J connectivity index is 1.46. The molecule has 132 valence electrons. The number of benzene rings is 2. The van der Waals surface area contributed by atoms with E-state index < -0.39 is 0 Å². The molecule has 0 aliphatic rings. The van der Waals surface area contributed by atoms with E-state index in [1.807, 2.05) is 42.5 Å². The lowest BCUT2D eigenvalue weighted by Crippen LogP contribution is -2.26. The van der Waals surface area contributed by atoms with Crippen molar-refractivity contribution in [1.29, 1.82) is 0 Å². The van der Waals surface area contributed by atoms with Crippen molar-refractivity contribution in [2.24, 2.45) is 0 Å². The molecule has 0 atom stereocenters. The van der Waals surface area contributed by atoms with Gasteiger partial charge >= 0.3 is 0 Å². The minimum Gasteiger partial charge on any atom is -0.497 e. The van der Waals surface area contributed by atoms with Crippen LogP contribution in [0.3, 0.4) is 0 Å². The maximum Gasteiger partial charge on any atom is 0.244 e. The second-order valence-electron chi connectivity index (χ2n) is 5.44. The standard InChI is InChI=1S/C20H19N3O3/c1-25-16-5-4-6-17(13-16)26-12-11-21-20(24)10-9-15-14-22-18-7-2-3-8-19(18)23-15/h2-10,13-14H,11-12H2,1H3,(H,21,24)/b10-9+. The summed E-state index contributed by atoms with van der Waals surface area (Å²) in [5.41, 5.74) is 2.25. The van der Waals surface area contributed by atoms with Crippen LogP contribution in [-0.4, -0.2) is 36.1 Å². The van der Waals surface area contributed by atoms with Crippen LogP contribution in [0.25, 0.3) is 17.1 Å². The number of ether oxygens (including phenoxy) is 2. The summed E-state index contributed by atoms with van der Waals surface area (Å²) in [5.74, 6) is 1.21. The molecule has 26 heavy (non-hydrogen) atoms. The third-order valence-corrected chi connectivity index (χ3v) is 3.58. The molecule has 0 saturated carbocycles. The summed E-state index contributed by atoms with van der Waals surface area (Å²) in [5, 5.41) is 2.76. The van der Waals surface area contributed by atoms with E-state index in [1.54, 1.807) is 25.4 Å². The summed E-state index contributed by atoms with van der Waals surface area (Å²) < 4.78 is 10.7. The Morgan fingerprint density at radius 2 is 1.92 bits per heavy atom. The second kappa shape index (κ2) is 8.62. The number of nitrogens with zero attached hydrogens (tertiary/aromatic N) is 2. The number of fused-ring (bicyclic) bond motifs is 1. The Morgan fingerprint density at radius 3 is 2.77 bits per heavy atom. The van der Waals surface area contributed by atoms with Crippen molar-refractivity contribution in [2.75, 3.05) is 20.3 Å². The lowest BCUT2D eigenvalue weighted by Gasteiger charge is -2.07. The van der Waals surface area contributed by atoms with E-state index in [1.165, 1.54) is 6.08 Å². The maximum atomic E-state index is 11.9. The zero-order chi connectivity index (χ0) is 18.2. The van der Waals surface area contributed by atoms with E-state index in [9.17, 15) is 4.79 Å². The van der Waals surface area contributed by atoms with Crippen molar-refractivity contribution in [2.45, 2.75) is 0 Å². The van der Waals surface area contributed by atoms with Gasteiger partial charge < -0.3 is 14.8 Å². The maximum absolute atomic E-state index is 11.9. The molecule has 0 spiro atoms. The second-order valence-corrected chi connectivity index (χ2v) is 5.44. The molecule has 1 amide bonds. The van der Waals surface area contributed by atoms with Gasteiger partial charge in [0.15, 0.2) is 0 Å². The largest absolute Gasteiger partial charge is 0.497 e. The Hall–Kier alpha value is -3.41. The van der Waals surface area contributed by atoms with Gasteiger partial charge in [-0.15, -0.1) is 0 Å². The van der Waals surface area contributed by atoms with Gasteiger partial charge in [-0.1, -0.05) is 18.2 Å². The number of aromatic nitrogens is 2. The van der Waals surface area contributed by atoms with E-state index in [-0.39, 0.29) is 5.91 Å². The lowest BCUT2D eigenvalue weighted by molar-refractivity contribution is -0.116. The van der Waals surface area contributed by atoms with Crippen LogP contribution in [0, 0.1) is 0 Å². The number of carbonyl (C=O) groups is 1. The third kappa shape index (κ3) is 4.80. The van der Waals surface area contributed by atoms with Gasteiger partial charge in [0.2, 0.25) is 5.91 Å². The van der Waals surface area contributed by atoms with E-state index in [4.69, 9.17) is 9.47 Å². The van der Waals surface area contributed by atoms with Gasteiger partial charge in [-0.2, -0.15) is 0 Å². The fourth-order valence-electron chi connectivity index (χ4n) is 2.31. The summed E-state index contributed by atoms with van der Waals surface area (Å²) in [7, 11) is 1.60. The molecule has 0 unspecified atom stereocenters. The number of hydrogen-bond donors (Lipinski definition) is 1. The van der Waals surface area contributed by atoms with Crippen LogP contribution in [0.4, 0.5) is 0 Å². The first-order valence-electron chi connectivity index (χ1n) is 8.19. The molecule has 0 bridgehead atoms. The number of carbonyl (C=O) groups excluding carboxylic acids is 1. The van der Waals surface area contributed by atoms with Gasteiger partial charge in [0.05, 0.1) is 36.6 Å². The molecule has 1 aromatic heterocycles. The summed E-state index contributed by atoms with van der Waals surface area (Å²) in [4.78, 5) is 20.6. The highest BCUT2D eigenvalue weighted by Crippen LogP contribution is 2.18. The summed E-state index contributed by atoms with van der Waals surface area (Å²) >= 11 is 0. The van der Waals surface area contributed by atoms with Crippen LogP contribution in [0.5, 0.6) is 11.5 Å². The van der Waals surface area contributed by atoms with Gasteiger partial charge in [-0.3, -0.25) is 9.78 Å². The van der Waals surface area contributed by atoms with Crippen LogP contribution < -0.4 is 14.8 Å². The first-order valence-corrected chi connectivity index (χ1v) is 8.19. The number of methoxy groups -OCH3 is 1. The highest BCUT2D eigenvalue weighted by atomic mass is 16.5. The molecular formula is C20H19N3O3. The molecular weight excluding hydrogens is 330 g/mol. The predicted octanol–water partition coefficient (Wildman–Crippen LogP) is 2.85.